The highest BCUT2D eigenvalue weighted by atomic mass is 35.5. The van der Waals surface area contributed by atoms with Crippen LogP contribution in [0, 0.1) is 0 Å². The number of halogens is 1. The molecule has 5 nitrogen and oxygen atoms in total. The maximum absolute atomic E-state index is 10.7. The van der Waals surface area contributed by atoms with E-state index in [9.17, 15) is 5.11 Å². The Bertz CT molecular complexity index is 591. The number of β-amino-alcohol motifs (C(OH)–C–C–N with tert-alkyl or cyclic N) is 1. The molecule has 2 atom stereocenters. The van der Waals surface area contributed by atoms with Crippen LogP contribution >= 0.6 is 11.6 Å². The van der Waals surface area contributed by atoms with E-state index >= 15 is 0 Å². The molecule has 2 fully saturated rings. The second-order valence-corrected chi connectivity index (χ2v) is 7.83. The smallest absolute Gasteiger partial charge is 0.179 e. The molecule has 26 heavy (non-hydrogen) atoms. The summed E-state index contributed by atoms with van der Waals surface area (Å²) in [6.45, 7) is 4.71. The van der Waals surface area contributed by atoms with Gasteiger partial charge in [-0.25, -0.2) is 0 Å². The lowest BCUT2D eigenvalue weighted by Gasteiger charge is -2.41. The molecular formula is C20H31ClN2O3. The third-order valence-electron chi connectivity index (χ3n) is 5.64. The Kier molecular flexibility index (Phi) is 7.04. The normalized spacial score (nSPS) is 25.7. The lowest BCUT2D eigenvalue weighted by Crippen LogP contribution is -2.54. The van der Waals surface area contributed by atoms with Crippen LogP contribution < -0.4 is 9.47 Å². The van der Waals surface area contributed by atoms with Crippen molar-refractivity contribution in [2.24, 2.45) is 0 Å². The van der Waals surface area contributed by atoms with Gasteiger partial charge in [0.1, 0.15) is 0 Å². The van der Waals surface area contributed by atoms with Crippen molar-refractivity contribution in [3.8, 4) is 11.5 Å². The Balaban J connectivity index is 1.61. The fourth-order valence-electron chi connectivity index (χ4n) is 4.30. The van der Waals surface area contributed by atoms with Crippen LogP contribution in [0.3, 0.4) is 0 Å². The molecule has 2 heterocycles. The number of likely N-dealkylation sites (tertiary alicyclic amines) is 2. The van der Waals surface area contributed by atoms with E-state index in [-0.39, 0.29) is 6.10 Å². The highest BCUT2D eigenvalue weighted by molar-refractivity contribution is 6.32. The number of aliphatic hydroxyl groups excluding tert-OH is 1. The fourth-order valence-corrected chi connectivity index (χ4v) is 4.61. The molecule has 0 aliphatic carbocycles. The predicted octanol–water partition coefficient (Wildman–Crippen LogP) is 3.17. The molecule has 0 radical (unpaired) electrons. The SMILES string of the molecule is COc1cc(CN2CC[C@@H](N3CCCCCC3)[C@H](O)C2)cc(Cl)c1OC. The zero-order valence-electron chi connectivity index (χ0n) is 15.9. The van der Waals surface area contributed by atoms with Gasteiger partial charge < -0.3 is 14.6 Å². The van der Waals surface area contributed by atoms with Crippen molar-refractivity contribution in [3.63, 3.8) is 0 Å². The van der Waals surface area contributed by atoms with Gasteiger partial charge in [-0.3, -0.25) is 9.80 Å². The number of hydrogen-bond acceptors (Lipinski definition) is 5. The lowest BCUT2D eigenvalue weighted by molar-refractivity contribution is -0.0144. The Morgan fingerprint density at radius 2 is 1.81 bits per heavy atom. The Morgan fingerprint density at radius 3 is 2.42 bits per heavy atom. The molecule has 0 spiro atoms. The summed E-state index contributed by atoms with van der Waals surface area (Å²) in [6, 6.07) is 4.20. The third kappa shape index (κ3) is 4.63. The molecule has 0 unspecified atom stereocenters. The van der Waals surface area contributed by atoms with Crippen molar-refractivity contribution in [2.45, 2.75) is 50.8 Å². The zero-order chi connectivity index (χ0) is 18.5. The second kappa shape index (κ2) is 9.27. The summed E-state index contributed by atoms with van der Waals surface area (Å²) in [6.07, 6.45) is 5.89. The van der Waals surface area contributed by atoms with Crippen molar-refractivity contribution < 1.29 is 14.6 Å². The van der Waals surface area contributed by atoms with Crippen LogP contribution in [-0.2, 0) is 6.54 Å². The van der Waals surface area contributed by atoms with Crippen LogP contribution in [0.4, 0.5) is 0 Å². The number of aliphatic hydroxyl groups is 1. The summed E-state index contributed by atoms with van der Waals surface area (Å²) >= 11 is 6.32. The predicted molar refractivity (Wildman–Crippen MR) is 104 cm³/mol. The van der Waals surface area contributed by atoms with E-state index in [0.29, 0.717) is 29.1 Å². The minimum Gasteiger partial charge on any atom is -0.493 e. The number of rotatable bonds is 5. The van der Waals surface area contributed by atoms with Crippen LogP contribution in [0.2, 0.25) is 5.02 Å². The number of hydrogen-bond donors (Lipinski definition) is 1. The highest BCUT2D eigenvalue weighted by Crippen LogP contribution is 2.36. The molecule has 2 saturated heterocycles. The van der Waals surface area contributed by atoms with Gasteiger partial charge in [0, 0.05) is 25.7 Å². The largest absolute Gasteiger partial charge is 0.493 e. The first kappa shape index (κ1) is 19.7. The Morgan fingerprint density at radius 1 is 1.08 bits per heavy atom. The van der Waals surface area contributed by atoms with Crippen LogP contribution in [0.15, 0.2) is 12.1 Å². The first-order valence-corrected chi connectivity index (χ1v) is 10.0. The van der Waals surface area contributed by atoms with E-state index in [1.807, 2.05) is 12.1 Å². The van der Waals surface area contributed by atoms with E-state index < -0.39 is 0 Å². The standard InChI is InChI=1S/C20H31ClN2O3/c1-25-19-12-15(11-16(21)20(19)26-2)13-22-10-7-17(18(24)14-22)23-8-5-3-4-6-9-23/h11-12,17-18,24H,3-10,13-14H2,1-2H3/t17-,18-/m1/s1. The molecule has 0 amide bonds. The van der Waals surface area contributed by atoms with Gasteiger partial charge in [0.2, 0.25) is 0 Å². The summed E-state index contributed by atoms with van der Waals surface area (Å²) in [5.74, 6) is 1.22. The Labute approximate surface area is 161 Å². The Hall–Kier alpha value is -1.01. The molecular weight excluding hydrogens is 352 g/mol. The number of piperidine rings is 1. The molecule has 1 N–H and O–H groups in total. The lowest BCUT2D eigenvalue weighted by atomic mass is 9.99. The summed E-state index contributed by atoms with van der Waals surface area (Å²) in [5.41, 5.74) is 1.08. The van der Waals surface area contributed by atoms with Gasteiger partial charge in [0.05, 0.1) is 25.3 Å². The van der Waals surface area contributed by atoms with Crippen molar-refractivity contribution >= 4 is 11.6 Å². The average molecular weight is 383 g/mol. The monoisotopic (exact) mass is 382 g/mol. The van der Waals surface area contributed by atoms with Gasteiger partial charge >= 0.3 is 0 Å². The van der Waals surface area contributed by atoms with Gasteiger partial charge in [-0.05, 0) is 50.0 Å². The molecule has 1 aromatic rings. The van der Waals surface area contributed by atoms with Gasteiger partial charge in [-0.1, -0.05) is 24.4 Å². The zero-order valence-corrected chi connectivity index (χ0v) is 16.7. The summed E-state index contributed by atoms with van der Waals surface area (Å²) in [7, 11) is 3.21. The number of nitrogens with zero attached hydrogens (tertiary/aromatic N) is 2. The van der Waals surface area contributed by atoms with E-state index in [1.54, 1.807) is 14.2 Å². The second-order valence-electron chi connectivity index (χ2n) is 7.42. The van der Waals surface area contributed by atoms with Crippen LogP contribution in [-0.4, -0.2) is 67.5 Å². The molecule has 1 aromatic carbocycles. The van der Waals surface area contributed by atoms with E-state index in [2.05, 4.69) is 9.80 Å². The van der Waals surface area contributed by atoms with E-state index in [4.69, 9.17) is 21.1 Å². The van der Waals surface area contributed by atoms with Gasteiger partial charge in [0.15, 0.2) is 11.5 Å². The van der Waals surface area contributed by atoms with Gasteiger partial charge in [0.25, 0.3) is 0 Å². The molecule has 0 bridgehead atoms. The molecule has 2 aliphatic rings. The topological polar surface area (TPSA) is 45.2 Å². The molecule has 0 aromatic heterocycles. The van der Waals surface area contributed by atoms with Crippen molar-refractivity contribution in [2.75, 3.05) is 40.4 Å². The van der Waals surface area contributed by atoms with Crippen molar-refractivity contribution in [1.29, 1.82) is 0 Å². The number of methoxy groups -OCH3 is 2. The van der Waals surface area contributed by atoms with Crippen LogP contribution in [0.5, 0.6) is 11.5 Å². The third-order valence-corrected chi connectivity index (χ3v) is 5.92. The maximum atomic E-state index is 10.7. The van der Waals surface area contributed by atoms with Crippen molar-refractivity contribution in [3.05, 3.63) is 22.7 Å². The maximum Gasteiger partial charge on any atom is 0.179 e. The molecule has 0 saturated carbocycles. The van der Waals surface area contributed by atoms with E-state index in [1.165, 1.54) is 25.7 Å². The summed E-state index contributed by atoms with van der Waals surface area (Å²) < 4.78 is 10.7. The number of ether oxygens (including phenoxy) is 2. The fraction of sp³-hybridized carbons (Fsp3) is 0.700. The van der Waals surface area contributed by atoms with Crippen LogP contribution in [0.1, 0.15) is 37.7 Å². The van der Waals surface area contributed by atoms with Gasteiger partial charge in [-0.15, -0.1) is 0 Å². The molecule has 6 heteroatoms. The van der Waals surface area contributed by atoms with Gasteiger partial charge in [-0.2, -0.15) is 0 Å². The first-order valence-electron chi connectivity index (χ1n) is 9.67. The van der Waals surface area contributed by atoms with Crippen molar-refractivity contribution in [1.82, 2.24) is 9.80 Å². The molecule has 3 rings (SSSR count). The quantitative estimate of drug-likeness (QED) is 0.847. The average Bonchev–Trinajstić information content (AvgIpc) is 2.90. The first-order chi connectivity index (χ1) is 12.6. The van der Waals surface area contributed by atoms with Crippen LogP contribution in [0.25, 0.3) is 0 Å². The number of benzene rings is 1. The minimum absolute atomic E-state index is 0.294. The molecule has 146 valence electrons. The van der Waals surface area contributed by atoms with E-state index in [0.717, 1.165) is 38.2 Å². The summed E-state index contributed by atoms with van der Waals surface area (Å²) in [4.78, 5) is 4.82. The highest BCUT2D eigenvalue weighted by Gasteiger charge is 2.32. The minimum atomic E-state index is -0.294. The summed E-state index contributed by atoms with van der Waals surface area (Å²) in [5, 5.41) is 11.3. The molecule has 2 aliphatic heterocycles.